The van der Waals surface area contributed by atoms with E-state index in [0.29, 0.717) is 17.6 Å². The quantitative estimate of drug-likeness (QED) is 0.0439. The summed E-state index contributed by atoms with van der Waals surface area (Å²) in [7, 11) is 0. The first kappa shape index (κ1) is 62.1. The molecule has 0 amide bonds. The van der Waals surface area contributed by atoms with E-state index < -0.39 is 0 Å². The summed E-state index contributed by atoms with van der Waals surface area (Å²) in [4.78, 5) is 14.1. The van der Waals surface area contributed by atoms with E-state index in [0.717, 1.165) is 44.4 Å². The van der Waals surface area contributed by atoms with Crippen LogP contribution in [-0.4, -0.2) is 5.78 Å². The summed E-state index contributed by atoms with van der Waals surface area (Å²) in [5.74, 6) is 2.24. The highest BCUT2D eigenvalue weighted by molar-refractivity contribution is 5.81. The Kier molecular flexibility index (Phi) is 52.1. The van der Waals surface area contributed by atoms with Gasteiger partial charge in [-0.25, -0.2) is 0 Å². The van der Waals surface area contributed by atoms with Gasteiger partial charge in [-0.15, -0.1) is 0 Å². The molecule has 0 rings (SSSR count). The fourth-order valence-electron chi connectivity index (χ4n) is 9.21. The topological polar surface area (TPSA) is 17.1 Å². The van der Waals surface area contributed by atoms with Gasteiger partial charge in [-0.05, 0) is 134 Å². The first-order valence-electron chi connectivity index (χ1n) is 29.0. The van der Waals surface area contributed by atoms with Crippen molar-refractivity contribution in [2.75, 3.05) is 0 Å². The number of allylic oxidation sites excluding steroid dienone is 12. The van der Waals surface area contributed by atoms with Crippen LogP contribution in [0.2, 0.25) is 0 Å². The third-order valence-electron chi connectivity index (χ3n) is 13.5. The second-order valence-electron chi connectivity index (χ2n) is 20.2. The van der Waals surface area contributed by atoms with Crippen molar-refractivity contribution in [2.45, 2.75) is 304 Å². The predicted molar refractivity (Wildman–Crippen MR) is 293 cm³/mol. The van der Waals surface area contributed by atoms with Crippen molar-refractivity contribution < 1.29 is 4.79 Å². The Morgan fingerprint density at radius 3 is 0.969 bits per heavy atom. The van der Waals surface area contributed by atoms with E-state index in [4.69, 9.17) is 0 Å². The molecule has 0 aromatic carbocycles. The van der Waals surface area contributed by atoms with Gasteiger partial charge in [0, 0.05) is 12.3 Å². The van der Waals surface area contributed by atoms with Gasteiger partial charge in [0.05, 0.1) is 0 Å². The Hall–Kier alpha value is -1.89. The van der Waals surface area contributed by atoms with Crippen LogP contribution in [0.3, 0.4) is 0 Å². The first-order chi connectivity index (χ1) is 31.6. The van der Waals surface area contributed by atoms with Crippen LogP contribution in [0.1, 0.15) is 304 Å². The molecule has 0 fully saturated rings. The number of Topliss-reactive ketones (excluding diaryl/α,β-unsaturated/α-hetero) is 1. The molecule has 0 aromatic rings. The van der Waals surface area contributed by atoms with Gasteiger partial charge in [0.2, 0.25) is 0 Å². The first-order valence-corrected chi connectivity index (χ1v) is 29.0. The smallest absolute Gasteiger partial charge is 0.136 e. The van der Waals surface area contributed by atoms with Crippen molar-refractivity contribution in [3.63, 3.8) is 0 Å². The monoisotopic (exact) mass is 887 g/mol. The minimum atomic E-state index is 0.297. The van der Waals surface area contributed by atoms with E-state index in [9.17, 15) is 4.79 Å². The van der Waals surface area contributed by atoms with E-state index in [-0.39, 0.29) is 0 Å². The zero-order chi connectivity index (χ0) is 46.5. The molecule has 0 aromatic heterocycles. The third-order valence-corrected chi connectivity index (χ3v) is 13.5. The average molecular weight is 888 g/mol. The van der Waals surface area contributed by atoms with Gasteiger partial charge < -0.3 is 0 Å². The van der Waals surface area contributed by atoms with Crippen LogP contribution in [-0.2, 0) is 4.79 Å². The van der Waals surface area contributed by atoms with Crippen LogP contribution >= 0.6 is 0 Å². The molecule has 0 bridgehead atoms. The lowest BCUT2D eigenvalue weighted by Gasteiger charge is -2.27. The molecule has 2 unspecified atom stereocenters. The van der Waals surface area contributed by atoms with Gasteiger partial charge in [-0.1, -0.05) is 249 Å². The van der Waals surface area contributed by atoms with Crippen molar-refractivity contribution in [1.29, 1.82) is 0 Å². The molecular formula is C63H114O. The Morgan fingerprint density at radius 1 is 0.312 bits per heavy atom. The van der Waals surface area contributed by atoms with Crippen molar-refractivity contribution >= 4 is 5.78 Å². The Morgan fingerprint density at radius 2 is 0.609 bits per heavy atom. The lowest BCUT2D eigenvalue weighted by Crippen LogP contribution is -2.24. The van der Waals surface area contributed by atoms with Crippen molar-refractivity contribution in [3.8, 4) is 0 Å². The fourth-order valence-corrected chi connectivity index (χ4v) is 9.21. The molecule has 0 aliphatic rings. The molecule has 0 aliphatic carbocycles. The van der Waals surface area contributed by atoms with E-state index >= 15 is 0 Å². The summed E-state index contributed by atoms with van der Waals surface area (Å²) in [6, 6.07) is 0. The lowest BCUT2D eigenvalue weighted by molar-refractivity contribution is -0.125. The summed E-state index contributed by atoms with van der Waals surface area (Å²) in [5, 5.41) is 0. The Balaban J connectivity index is 4.87. The summed E-state index contributed by atoms with van der Waals surface area (Å²) in [6.45, 7) is 11.5. The molecule has 372 valence electrons. The van der Waals surface area contributed by atoms with Gasteiger partial charge >= 0.3 is 0 Å². The van der Waals surface area contributed by atoms with E-state index in [2.05, 4.69) is 108 Å². The normalized spacial score (nSPS) is 13.5. The third kappa shape index (κ3) is 48.1. The predicted octanol–water partition coefficient (Wildman–Crippen LogP) is 22.2. The van der Waals surface area contributed by atoms with Gasteiger partial charge in [-0.2, -0.15) is 0 Å². The highest BCUT2D eigenvalue weighted by Crippen LogP contribution is 2.32. The lowest BCUT2D eigenvalue weighted by atomic mass is 9.77. The minimum Gasteiger partial charge on any atom is -0.299 e. The SMILES string of the molecule is CCCCC/C=C\C/C=C\CCCCCCCCC(CCCCCCCC/C=C\C/C=C\CCCCCC)C(CCCC(C)C)C(=O)CCCCCCC/C=C\C/C=C\CCCCC. The van der Waals surface area contributed by atoms with Crippen LogP contribution in [0.5, 0.6) is 0 Å². The summed E-state index contributed by atoms with van der Waals surface area (Å²) >= 11 is 0. The molecule has 1 heteroatoms. The molecular weight excluding hydrogens is 773 g/mol. The second kappa shape index (κ2) is 53.7. The van der Waals surface area contributed by atoms with Crippen molar-refractivity contribution in [1.82, 2.24) is 0 Å². The zero-order valence-corrected chi connectivity index (χ0v) is 44.3. The largest absolute Gasteiger partial charge is 0.299 e. The van der Waals surface area contributed by atoms with Crippen molar-refractivity contribution in [2.24, 2.45) is 17.8 Å². The molecule has 0 saturated carbocycles. The molecule has 64 heavy (non-hydrogen) atoms. The average Bonchev–Trinajstić information content (AvgIpc) is 3.29. The maximum atomic E-state index is 14.1. The Labute approximate surface area is 403 Å². The molecule has 0 heterocycles. The van der Waals surface area contributed by atoms with Gasteiger partial charge in [-0.3, -0.25) is 4.79 Å². The number of carbonyl (C=O) groups is 1. The summed E-state index contributed by atoms with van der Waals surface area (Å²) in [6.07, 6.45) is 81.8. The van der Waals surface area contributed by atoms with Crippen LogP contribution in [0.25, 0.3) is 0 Å². The molecule has 0 aliphatic heterocycles. The van der Waals surface area contributed by atoms with E-state index in [1.54, 1.807) is 0 Å². The van der Waals surface area contributed by atoms with Crippen LogP contribution in [0.15, 0.2) is 72.9 Å². The number of ketones is 1. The number of hydrogen-bond donors (Lipinski definition) is 0. The number of hydrogen-bond acceptors (Lipinski definition) is 1. The molecule has 0 spiro atoms. The molecule has 0 radical (unpaired) electrons. The summed E-state index contributed by atoms with van der Waals surface area (Å²) < 4.78 is 0. The maximum Gasteiger partial charge on any atom is 0.136 e. The fraction of sp³-hybridized carbons (Fsp3) is 0.794. The highest BCUT2D eigenvalue weighted by atomic mass is 16.1. The van der Waals surface area contributed by atoms with E-state index in [1.807, 2.05) is 0 Å². The number of carbonyl (C=O) groups excluding carboxylic acids is 1. The van der Waals surface area contributed by atoms with E-state index in [1.165, 1.54) is 231 Å². The van der Waals surface area contributed by atoms with Crippen molar-refractivity contribution in [3.05, 3.63) is 72.9 Å². The molecule has 2 atom stereocenters. The van der Waals surface area contributed by atoms with Gasteiger partial charge in [0.25, 0.3) is 0 Å². The minimum absolute atomic E-state index is 0.297. The molecule has 0 N–H and O–H groups in total. The second-order valence-corrected chi connectivity index (χ2v) is 20.2. The highest BCUT2D eigenvalue weighted by Gasteiger charge is 2.27. The van der Waals surface area contributed by atoms with Crippen LogP contribution in [0, 0.1) is 17.8 Å². The molecule has 0 saturated heterocycles. The summed E-state index contributed by atoms with van der Waals surface area (Å²) in [5.41, 5.74) is 0. The number of rotatable bonds is 51. The number of unbranched alkanes of at least 4 members (excludes halogenated alkanes) is 27. The Bertz CT molecular complexity index is 1100. The van der Waals surface area contributed by atoms with Gasteiger partial charge in [0.15, 0.2) is 0 Å². The molecule has 1 nitrogen and oxygen atoms in total. The van der Waals surface area contributed by atoms with Crippen LogP contribution < -0.4 is 0 Å². The zero-order valence-electron chi connectivity index (χ0n) is 44.3. The van der Waals surface area contributed by atoms with Crippen LogP contribution in [0.4, 0.5) is 0 Å². The standard InChI is InChI=1S/C63H114O/c1-6-9-12-15-18-21-24-27-30-32-35-37-40-43-46-49-52-57-61(56-51-48-45-42-39-36-34-31-28-25-22-19-16-13-10-7-2)62(58-54-55-60(4)5)63(64)59-53-50-47-44-41-38-33-29-26-23-20-17-14-11-8-3/h19-24,28-33,60-62H,6-18,25-27,34-59H2,1-5H3/b22-19-,23-20-,24-21-,31-28-,32-30-,33-29-. The maximum absolute atomic E-state index is 14.1. The van der Waals surface area contributed by atoms with Gasteiger partial charge in [0.1, 0.15) is 5.78 Å².